The van der Waals surface area contributed by atoms with Crippen LogP contribution in [0.15, 0.2) is 75.0 Å². The summed E-state index contributed by atoms with van der Waals surface area (Å²) in [4.78, 5) is 20.0. The Morgan fingerprint density at radius 1 is 1.07 bits per heavy atom. The summed E-state index contributed by atoms with van der Waals surface area (Å²) in [5, 5.41) is 1.37. The highest BCUT2D eigenvalue weighted by atomic mass is 35.5. The normalized spacial score (nSPS) is 16.8. The van der Waals surface area contributed by atoms with Gasteiger partial charge >= 0.3 is 0 Å². The average molecular weight is 437 g/mol. The van der Waals surface area contributed by atoms with Crippen molar-refractivity contribution in [2.45, 2.75) is 20.3 Å². The molecule has 1 amide bonds. The smallest absolute Gasteiger partial charge is 0.266 e. The van der Waals surface area contributed by atoms with E-state index >= 15 is 0 Å². The highest BCUT2D eigenvalue weighted by molar-refractivity contribution is 8.18. The molecule has 6 heteroatoms. The number of carbonyl (C=O) groups excluding carboxylic acids is 1. The fraction of sp³-hybridized carbons (Fsp3) is 0.167. The molecule has 0 unspecified atom stereocenters. The number of amides is 1. The summed E-state index contributed by atoms with van der Waals surface area (Å²) in [5.41, 5.74) is 2.99. The SMILES string of the molecule is CCc1ccccc1N=C1S/C(=C/c2ccc(-c3ccc(Cl)cc3)o2)C(=O)N1CC. The average Bonchev–Trinajstić information content (AvgIpc) is 3.34. The molecule has 0 aliphatic carbocycles. The lowest BCUT2D eigenvalue weighted by Crippen LogP contribution is -2.28. The quantitative estimate of drug-likeness (QED) is 0.414. The molecule has 0 spiro atoms. The summed E-state index contributed by atoms with van der Waals surface area (Å²) in [6.45, 7) is 4.61. The van der Waals surface area contributed by atoms with E-state index in [0.717, 1.165) is 29.0 Å². The second-order valence-corrected chi connectivity index (χ2v) is 8.19. The Morgan fingerprint density at radius 2 is 1.83 bits per heavy atom. The zero-order chi connectivity index (χ0) is 21.1. The monoisotopic (exact) mass is 436 g/mol. The summed E-state index contributed by atoms with van der Waals surface area (Å²) >= 11 is 7.33. The molecule has 4 nitrogen and oxygen atoms in total. The number of amidine groups is 1. The Balaban J connectivity index is 1.62. The molecule has 0 bridgehead atoms. The van der Waals surface area contributed by atoms with Crippen LogP contribution in [0.1, 0.15) is 25.2 Å². The molecule has 0 atom stereocenters. The molecule has 1 aromatic heterocycles. The van der Waals surface area contributed by atoms with Gasteiger partial charge < -0.3 is 4.42 Å². The lowest BCUT2D eigenvalue weighted by molar-refractivity contribution is -0.122. The number of para-hydroxylation sites is 1. The number of nitrogens with zero attached hydrogens (tertiary/aromatic N) is 2. The van der Waals surface area contributed by atoms with Gasteiger partial charge in [0, 0.05) is 23.2 Å². The third kappa shape index (κ3) is 4.23. The molecule has 3 aromatic rings. The van der Waals surface area contributed by atoms with Crippen LogP contribution < -0.4 is 0 Å². The van der Waals surface area contributed by atoms with Crippen LogP contribution in [0.4, 0.5) is 5.69 Å². The van der Waals surface area contributed by atoms with Gasteiger partial charge in [0.15, 0.2) is 5.17 Å². The van der Waals surface area contributed by atoms with Gasteiger partial charge in [0.25, 0.3) is 5.91 Å². The fourth-order valence-corrected chi connectivity index (χ4v) is 4.38. The first-order chi connectivity index (χ1) is 14.6. The van der Waals surface area contributed by atoms with E-state index < -0.39 is 0 Å². The molecule has 0 N–H and O–H groups in total. The van der Waals surface area contributed by atoms with Gasteiger partial charge in [0.05, 0.1) is 10.6 Å². The van der Waals surface area contributed by atoms with E-state index in [9.17, 15) is 4.79 Å². The minimum Gasteiger partial charge on any atom is -0.457 e. The van der Waals surface area contributed by atoms with Gasteiger partial charge in [0.2, 0.25) is 0 Å². The number of halogens is 1. The minimum absolute atomic E-state index is 0.0559. The maximum atomic E-state index is 12.9. The van der Waals surface area contributed by atoms with E-state index in [0.29, 0.717) is 27.4 Å². The Hall–Kier alpha value is -2.76. The van der Waals surface area contributed by atoms with Crippen molar-refractivity contribution in [3.8, 4) is 11.3 Å². The van der Waals surface area contributed by atoms with Crippen LogP contribution in [0.5, 0.6) is 0 Å². The predicted molar refractivity (Wildman–Crippen MR) is 125 cm³/mol. The van der Waals surface area contributed by atoms with E-state index in [4.69, 9.17) is 21.0 Å². The second-order valence-electron chi connectivity index (χ2n) is 6.75. The number of aliphatic imine (C=N–C) groups is 1. The predicted octanol–water partition coefficient (Wildman–Crippen LogP) is 6.79. The minimum atomic E-state index is -0.0559. The maximum absolute atomic E-state index is 12.9. The first-order valence-corrected chi connectivity index (χ1v) is 11.0. The van der Waals surface area contributed by atoms with Crippen molar-refractivity contribution in [1.82, 2.24) is 4.90 Å². The van der Waals surface area contributed by atoms with E-state index in [1.54, 1.807) is 11.0 Å². The van der Waals surface area contributed by atoms with E-state index in [-0.39, 0.29) is 5.91 Å². The highest BCUT2D eigenvalue weighted by Gasteiger charge is 2.32. The zero-order valence-corrected chi connectivity index (χ0v) is 18.3. The number of aryl methyl sites for hydroxylation is 1. The number of thioether (sulfide) groups is 1. The molecule has 2 heterocycles. The number of carbonyl (C=O) groups is 1. The van der Waals surface area contributed by atoms with Gasteiger partial charge in [-0.15, -0.1) is 0 Å². The van der Waals surface area contributed by atoms with Gasteiger partial charge in [-0.05, 0) is 73.1 Å². The highest BCUT2D eigenvalue weighted by Crippen LogP contribution is 2.35. The molecule has 1 fully saturated rings. The molecule has 152 valence electrons. The van der Waals surface area contributed by atoms with Crippen LogP contribution in [0.3, 0.4) is 0 Å². The zero-order valence-electron chi connectivity index (χ0n) is 16.8. The summed E-state index contributed by atoms with van der Waals surface area (Å²) in [5.74, 6) is 1.30. The van der Waals surface area contributed by atoms with Crippen molar-refractivity contribution >= 4 is 46.2 Å². The third-order valence-corrected chi connectivity index (χ3v) is 6.08. The van der Waals surface area contributed by atoms with Crippen molar-refractivity contribution in [2.75, 3.05) is 6.54 Å². The van der Waals surface area contributed by atoms with Gasteiger partial charge in [-0.3, -0.25) is 9.69 Å². The van der Waals surface area contributed by atoms with Crippen molar-refractivity contribution < 1.29 is 9.21 Å². The number of hydrogen-bond acceptors (Lipinski definition) is 4. The summed E-state index contributed by atoms with van der Waals surface area (Å²) < 4.78 is 5.94. The summed E-state index contributed by atoms with van der Waals surface area (Å²) in [6.07, 6.45) is 2.67. The summed E-state index contributed by atoms with van der Waals surface area (Å²) in [7, 11) is 0. The Labute approximate surface area is 185 Å². The molecule has 4 rings (SSSR count). The molecular weight excluding hydrogens is 416 g/mol. The Bertz CT molecular complexity index is 1130. The van der Waals surface area contributed by atoms with Crippen molar-refractivity contribution in [3.05, 3.63) is 81.9 Å². The second kappa shape index (κ2) is 8.94. The first-order valence-electron chi connectivity index (χ1n) is 9.82. The standard InChI is InChI=1S/C24H21ClN2O2S/c1-3-16-7-5-6-8-20(16)26-24-27(4-2)23(28)22(30-24)15-19-13-14-21(29-19)17-9-11-18(25)12-10-17/h5-15H,3-4H2,1-2H3/b22-15+,26-24?. The van der Waals surface area contributed by atoms with E-state index in [1.165, 1.54) is 11.8 Å². The topological polar surface area (TPSA) is 45.8 Å². The van der Waals surface area contributed by atoms with E-state index in [1.807, 2.05) is 61.5 Å². The van der Waals surface area contributed by atoms with Crippen LogP contribution in [0.2, 0.25) is 5.02 Å². The third-order valence-electron chi connectivity index (χ3n) is 4.82. The Kier molecular flexibility index (Phi) is 6.11. The Morgan fingerprint density at radius 3 is 2.57 bits per heavy atom. The molecular formula is C24H21ClN2O2S. The van der Waals surface area contributed by atoms with Gasteiger partial charge in [-0.2, -0.15) is 0 Å². The number of likely N-dealkylation sites (N-methyl/N-ethyl adjacent to an activating group) is 1. The van der Waals surface area contributed by atoms with Crippen molar-refractivity contribution in [1.29, 1.82) is 0 Å². The number of benzene rings is 2. The molecule has 30 heavy (non-hydrogen) atoms. The maximum Gasteiger partial charge on any atom is 0.266 e. The van der Waals surface area contributed by atoms with Crippen LogP contribution in [-0.4, -0.2) is 22.5 Å². The number of furan rings is 1. The first kappa shape index (κ1) is 20.5. The molecule has 1 aliphatic rings. The number of hydrogen-bond donors (Lipinski definition) is 0. The van der Waals surface area contributed by atoms with Gasteiger partial charge in [0.1, 0.15) is 11.5 Å². The molecule has 1 aliphatic heterocycles. The van der Waals surface area contributed by atoms with Gasteiger partial charge in [-0.1, -0.05) is 36.7 Å². The molecule has 1 saturated heterocycles. The summed E-state index contributed by atoms with van der Waals surface area (Å²) in [6, 6.07) is 19.2. The molecule has 0 saturated carbocycles. The number of rotatable bonds is 5. The van der Waals surface area contributed by atoms with Crippen molar-refractivity contribution in [3.63, 3.8) is 0 Å². The van der Waals surface area contributed by atoms with E-state index in [2.05, 4.69) is 13.0 Å². The van der Waals surface area contributed by atoms with Crippen LogP contribution in [-0.2, 0) is 11.2 Å². The molecule has 2 aromatic carbocycles. The van der Waals surface area contributed by atoms with Gasteiger partial charge in [-0.25, -0.2) is 4.99 Å². The van der Waals surface area contributed by atoms with Crippen LogP contribution >= 0.6 is 23.4 Å². The largest absolute Gasteiger partial charge is 0.457 e. The van der Waals surface area contributed by atoms with Crippen LogP contribution in [0.25, 0.3) is 17.4 Å². The van der Waals surface area contributed by atoms with Crippen molar-refractivity contribution in [2.24, 2.45) is 4.99 Å². The lowest BCUT2D eigenvalue weighted by Gasteiger charge is -2.12. The van der Waals surface area contributed by atoms with Crippen LogP contribution in [0, 0.1) is 0 Å². The lowest BCUT2D eigenvalue weighted by atomic mass is 10.1. The fourth-order valence-electron chi connectivity index (χ4n) is 3.22. The molecule has 0 radical (unpaired) electrons.